The van der Waals surface area contributed by atoms with Crippen LogP contribution in [0.3, 0.4) is 0 Å². The van der Waals surface area contributed by atoms with Gasteiger partial charge in [0, 0.05) is 21.5 Å². The van der Waals surface area contributed by atoms with E-state index in [0.29, 0.717) is 15.7 Å². The third-order valence-corrected chi connectivity index (χ3v) is 5.85. The van der Waals surface area contributed by atoms with Crippen LogP contribution < -0.4 is 5.32 Å². The molecule has 0 unspecified atom stereocenters. The van der Waals surface area contributed by atoms with Gasteiger partial charge in [0.1, 0.15) is 11.6 Å². The number of amides is 1. The van der Waals surface area contributed by atoms with Gasteiger partial charge in [0.25, 0.3) is 5.91 Å². The van der Waals surface area contributed by atoms with Crippen molar-refractivity contribution < 1.29 is 4.79 Å². The quantitative estimate of drug-likeness (QED) is 0.327. The SMILES string of the molecule is Cc1cc(/C=C(/C#N)C(=O)Nc2ccccc2Br)c(C)n1-c1ccc(Cl)c(Cl)c1. The fraction of sp³-hybridized carbons (Fsp3) is 0.0909. The zero-order valence-electron chi connectivity index (χ0n) is 15.6. The van der Waals surface area contributed by atoms with Crippen molar-refractivity contribution in [3.05, 3.63) is 85.6 Å². The van der Waals surface area contributed by atoms with E-state index in [0.717, 1.165) is 27.1 Å². The molecular weight excluding hydrogens is 473 g/mol. The van der Waals surface area contributed by atoms with Crippen molar-refractivity contribution in [1.82, 2.24) is 4.57 Å². The molecule has 1 aromatic heterocycles. The first kappa shape index (κ1) is 21.2. The van der Waals surface area contributed by atoms with Crippen molar-refractivity contribution in [2.75, 3.05) is 5.32 Å². The molecule has 1 N–H and O–H groups in total. The second-order valence-corrected chi connectivity index (χ2v) is 8.03. The minimum absolute atomic E-state index is 0.00939. The van der Waals surface area contributed by atoms with Crippen LogP contribution in [0.1, 0.15) is 17.0 Å². The number of nitrogens with zero attached hydrogens (tertiary/aromatic N) is 2. The van der Waals surface area contributed by atoms with Crippen LogP contribution in [0.25, 0.3) is 11.8 Å². The van der Waals surface area contributed by atoms with Gasteiger partial charge >= 0.3 is 0 Å². The van der Waals surface area contributed by atoms with Crippen LogP contribution in [0, 0.1) is 25.2 Å². The Morgan fingerprint density at radius 2 is 1.86 bits per heavy atom. The van der Waals surface area contributed by atoms with E-state index in [-0.39, 0.29) is 5.57 Å². The Balaban J connectivity index is 1.96. The molecule has 0 atom stereocenters. The second-order valence-electron chi connectivity index (χ2n) is 6.36. The minimum Gasteiger partial charge on any atom is -0.320 e. The van der Waals surface area contributed by atoms with Gasteiger partial charge in [0.05, 0.1) is 15.7 Å². The lowest BCUT2D eigenvalue weighted by Crippen LogP contribution is -2.13. The number of aromatic nitrogens is 1. The number of nitriles is 1. The Hall–Kier alpha value is -2.52. The first-order valence-corrected chi connectivity index (χ1v) is 10.2. The molecule has 0 aliphatic rings. The number of hydrogen-bond donors (Lipinski definition) is 1. The maximum atomic E-state index is 12.6. The third kappa shape index (κ3) is 4.56. The molecule has 7 heteroatoms. The van der Waals surface area contributed by atoms with Crippen molar-refractivity contribution in [2.45, 2.75) is 13.8 Å². The highest BCUT2D eigenvalue weighted by atomic mass is 79.9. The maximum absolute atomic E-state index is 12.6. The van der Waals surface area contributed by atoms with Crippen LogP contribution in [0.15, 0.2) is 58.6 Å². The number of nitrogens with one attached hydrogen (secondary N) is 1. The van der Waals surface area contributed by atoms with Gasteiger partial charge in [-0.25, -0.2) is 0 Å². The first-order valence-electron chi connectivity index (χ1n) is 8.64. The van der Waals surface area contributed by atoms with E-state index in [9.17, 15) is 10.1 Å². The Bertz CT molecular complexity index is 1180. The predicted octanol–water partition coefficient (Wildman–Crippen LogP) is 6.71. The maximum Gasteiger partial charge on any atom is 0.266 e. The molecule has 0 radical (unpaired) electrons. The van der Waals surface area contributed by atoms with Gasteiger partial charge in [-0.3, -0.25) is 4.79 Å². The van der Waals surface area contributed by atoms with E-state index < -0.39 is 5.91 Å². The van der Waals surface area contributed by atoms with Crippen LogP contribution >= 0.6 is 39.1 Å². The van der Waals surface area contributed by atoms with Gasteiger partial charge in [-0.15, -0.1) is 0 Å². The number of rotatable bonds is 4. The van der Waals surface area contributed by atoms with Gasteiger partial charge in [-0.1, -0.05) is 35.3 Å². The monoisotopic (exact) mass is 487 g/mol. The van der Waals surface area contributed by atoms with E-state index in [1.54, 1.807) is 30.3 Å². The second kappa shape index (κ2) is 8.87. The Labute approximate surface area is 187 Å². The molecular formula is C22H16BrCl2N3O. The Morgan fingerprint density at radius 3 is 2.52 bits per heavy atom. The molecule has 0 saturated carbocycles. The summed E-state index contributed by atoms with van der Waals surface area (Å²) in [6.45, 7) is 3.86. The molecule has 0 fully saturated rings. The summed E-state index contributed by atoms with van der Waals surface area (Å²) in [5.74, 6) is -0.473. The fourth-order valence-corrected chi connectivity index (χ4v) is 3.69. The summed E-state index contributed by atoms with van der Waals surface area (Å²) >= 11 is 15.6. The highest BCUT2D eigenvalue weighted by Crippen LogP contribution is 2.28. The largest absolute Gasteiger partial charge is 0.320 e. The topological polar surface area (TPSA) is 57.8 Å². The zero-order chi connectivity index (χ0) is 21.1. The summed E-state index contributed by atoms with van der Waals surface area (Å²) < 4.78 is 2.73. The average Bonchev–Trinajstić information content (AvgIpc) is 2.97. The molecule has 1 amide bonds. The van der Waals surface area contributed by atoms with E-state index >= 15 is 0 Å². The number of para-hydroxylation sites is 1. The molecule has 2 aromatic carbocycles. The normalized spacial score (nSPS) is 11.2. The summed E-state index contributed by atoms with van der Waals surface area (Å²) in [7, 11) is 0. The van der Waals surface area contributed by atoms with Crippen LogP contribution in [-0.2, 0) is 4.79 Å². The molecule has 146 valence electrons. The number of halogens is 3. The smallest absolute Gasteiger partial charge is 0.266 e. The zero-order valence-corrected chi connectivity index (χ0v) is 18.7. The summed E-state index contributed by atoms with van der Waals surface area (Å²) in [6.07, 6.45) is 1.59. The minimum atomic E-state index is -0.473. The fourth-order valence-electron chi connectivity index (χ4n) is 3.01. The molecule has 0 saturated heterocycles. The number of hydrogen-bond acceptors (Lipinski definition) is 2. The highest BCUT2D eigenvalue weighted by Gasteiger charge is 2.15. The summed E-state index contributed by atoms with van der Waals surface area (Å²) in [4.78, 5) is 12.6. The van der Waals surface area contributed by atoms with Crippen molar-refractivity contribution in [2.24, 2.45) is 0 Å². The van der Waals surface area contributed by atoms with Gasteiger partial charge in [0.15, 0.2) is 0 Å². The Kier molecular flexibility index (Phi) is 6.49. The lowest BCUT2D eigenvalue weighted by atomic mass is 10.1. The number of aryl methyl sites for hydroxylation is 1. The molecule has 0 spiro atoms. The molecule has 0 aliphatic carbocycles. The van der Waals surface area contributed by atoms with Crippen LogP contribution in [0.4, 0.5) is 5.69 Å². The van der Waals surface area contributed by atoms with Crippen molar-refractivity contribution >= 4 is 56.8 Å². The summed E-state index contributed by atoms with van der Waals surface area (Å²) in [5, 5.41) is 13.2. The lowest BCUT2D eigenvalue weighted by Gasteiger charge is -2.11. The van der Waals surface area contributed by atoms with E-state index in [2.05, 4.69) is 21.2 Å². The first-order chi connectivity index (χ1) is 13.8. The van der Waals surface area contributed by atoms with Gasteiger partial charge in [-0.2, -0.15) is 5.26 Å². The van der Waals surface area contributed by atoms with Crippen LogP contribution in [-0.4, -0.2) is 10.5 Å². The van der Waals surface area contributed by atoms with Crippen molar-refractivity contribution in [3.8, 4) is 11.8 Å². The van der Waals surface area contributed by atoms with Crippen LogP contribution in [0.5, 0.6) is 0 Å². The van der Waals surface area contributed by atoms with Gasteiger partial charge in [-0.05, 0) is 77.8 Å². The van der Waals surface area contributed by atoms with E-state index in [1.807, 2.05) is 48.7 Å². The van der Waals surface area contributed by atoms with Gasteiger partial charge < -0.3 is 9.88 Å². The molecule has 4 nitrogen and oxygen atoms in total. The standard InChI is InChI=1S/C22H16BrCl2N3O/c1-13-9-15(14(2)28(13)17-7-8-19(24)20(25)11-17)10-16(12-26)22(29)27-21-6-4-3-5-18(21)23/h3-11H,1-2H3,(H,27,29)/b16-10-. The number of carbonyl (C=O) groups is 1. The Morgan fingerprint density at radius 1 is 1.14 bits per heavy atom. The van der Waals surface area contributed by atoms with Crippen molar-refractivity contribution in [1.29, 1.82) is 5.26 Å². The molecule has 0 aliphatic heterocycles. The lowest BCUT2D eigenvalue weighted by molar-refractivity contribution is -0.112. The van der Waals surface area contributed by atoms with E-state index in [4.69, 9.17) is 23.2 Å². The summed E-state index contributed by atoms with van der Waals surface area (Å²) in [6, 6.07) is 16.5. The summed E-state index contributed by atoms with van der Waals surface area (Å²) in [5.41, 5.74) is 4.05. The molecule has 3 aromatic rings. The molecule has 1 heterocycles. The third-order valence-electron chi connectivity index (χ3n) is 4.42. The van der Waals surface area contributed by atoms with Crippen molar-refractivity contribution in [3.63, 3.8) is 0 Å². The number of anilines is 1. The van der Waals surface area contributed by atoms with E-state index in [1.165, 1.54) is 0 Å². The number of benzene rings is 2. The molecule has 29 heavy (non-hydrogen) atoms. The average molecular weight is 489 g/mol. The van der Waals surface area contributed by atoms with Crippen LogP contribution in [0.2, 0.25) is 10.0 Å². The molecule has 0 bridgehead atoms. The highest BCUT2D eigenvalue weighted by molar-refractivity contribution is 9.10. The number of carbonyl (C=O) groups excluding carboxylic acids is 1. The predicted molar refractivity (Wildman–Crippen MR) is 122 cm³/mol. The van der Waals surface area contributed by atoms with Gasteiger partial charge in [0.2, 0.25) is 0 Å². The molecule has 3 rings (SSSR count).